The minimum atomic E-state index is -0.395. The van der Waals surface area contributed by atoms with Crippen molar-refractivity contribution in [3.63, 3.8) is 0 Å². The van der Waals surface area contributed by atoms with Crippen molar-refractivity contribution in [3.05, 3.63) is 23.8 Å². The van der Waals surface area contributed by atoms with Crippen molar-refractivity contribution in [3.8, 4) is 5.75 Å². The second-order valence-corrected chi connectivity index (χ2v) is 5.96. The number of fused-ring (bicyclic) bond motifs is 1. The van der Waals surface area contributed by atoms with Gasteiger partial charge in [0.1, 0.15) is 5.75 Å². The van der Waals surface area contributed by atoms with E-state index in [-0.39, 0.29) is 5.91 Å². The van der Waals surface area contributed by atoms with Crippen LogP contribution in [0.5, 0.6) is 5.75 Å². The van der Waals surface area contributed by atoms with E-state index in [1.165, 1.54) is 5.56 Å². The van der Waals surface area contributed by atoms with E-state index in [1.54, 1.807) is 18.9 Å². The number of likely N-dealkylation sites (N-methyl/N-ethyl adjacent to an activating group) is 1. The lowest BCUT2D eigenvalue weighted by Crippen LogP contribution is -2.42. The number of benzene rings is 1. The Morgan fingerprint density at radius 1 is 1.50 bits per heavy atom. The molecule has 0 N–H and O–H groups in total. The minimum absolute atomic E-state index is 0.00512. The number of amides is 1. The minimum Gasteiger partial charge on any atom is -0.479 e. The highest BCUT2D eigenvalue weighted by atomic mass is 79.9. The summed E-state index contributed by atoms with van der Waals surface area (Å²) in [6.07, 6.45) is 1.65. The van der Waals surface area contributed by atoms with E-state index in [9.17, 15) is 4.79 Å². The average Bonchev–Trinajstić information content (AvgIpc) is 2.37. The van der Waals surface area contributed by atoms with Crippen LogP contribution in [-0.4, -0.2) is 23.9 Å². The second-order valence-electron chi connectivity index (χ2n) is 4.67. The lowest BCUT2D eigenvalue weighted by molar-refractivity contribution is -0.125. The molecule has 98 valence electrons. The molecule has 0 saturated heterocycles. The summed E-state index contributed by atoms with van der Waals surface area (Å²) in [6.45, 7) is 3.93. The number of alkyl halides is 1. The number of ether oxygens (including phenoxy) is 1. The molecule has 2 atom stereocenters. The average molecular weight is 312 g/mol. The van der Waals surface area contributed by atoms with Gasteiger partial charge in [-0.05, 0) is 37.5 Å². The smallest absolute Gasteiger partial charge is 0.267 e. The maximum Gasteiger partial charge on any atom is 0.267 e. The van der Waals surface area contributed by atoms with Gasteiger partial charge in [-0.15, -0.1) is 0 Å². The van der Waals surface area contributed by atoms with Crippen LogP contribution in [-0.2, 0) is 11.2 Å². The number of carbonyl (C=O) groups excluding carboxylic acids is 1. The van der Waals surface area contributed by atoms with E-state index in [0.717, 1.165) is 24.3 Å². The van der Waals surface area contributed by atoms with E-state index < -0.39 is 6.10 Å². The maximum atomic E-state index is 11.9. The molecule has 0 bridgehead atoms. The van der Waals surface area contributed by atoms with E-state index >= 15 is 0 Å². The third-order valence-electron chi connectivity index (χ3n) is 3.27. The molecule has 0 radical (unpaired) electrons. The molecule has 4 heteroatoms. The van der Waals surface area contributed by atoms with E-state index in [1.807, 2.05) is 12.1 Å². The molecule has 2 unspecified atom stereocenters. The fourth-order valence-corrected chi connectivity index (χ4v) is 2.46. The molecule has 1 heterocycles. The highest BCUT2D eigenvalue weighted by molar-refractivity contribution is 9.09. The SMILES string of the molecule is CCC(Br)Cc1ccc2c(c1)N(C)C(=O)C(C)O2. The Kier molecular flexibility index (Phi) is 3.95. The summed E-state index contributed by atoms with van der Waals surface area (Å²) >= 11 is 3.63. The van der Waals surface area contributed by atoms with E-state index in [4.69, 9.17) is 4.74 Å². The van der Waals surface area contributed by atoms with Crippen molar-refractivity contribution in [1.29, 1.82) is 0 Å². The number of carbonyl (C=O) groups is 1. The van der Waals surface area contributed by atoms with Gasteiger partial charge in [0.15, 0.2) is 6.10 Å². The Morgan fingerprint density at radius 3 is 2.89 bits per heavy atom. The van der Waals surface area contributed by atoms with Gasteiger partial charge in [0, 0.05) is 11.9 Å². The number of nitrogens with zero attached hydrogens (tertiary/aromatic N) is 1. The molecule has 0 aromatic heterocycles. The Bertz CT molecular complexity index is 461. The van der Waals surface area contributed by atoms with Crippen LogP contribution in [0.2, 0.25) is 0 Å². The van der Waals surface area contributed by atoms with Crippen molar-refractivity contribution >= 4 is 27.5 Å². The van der Waals surface area contributed by atoms with Gasteiger partial charge in [0.2, 0.25) is 0 Å². The van der Waals surface area contributed by atoms with Crippen LogP contribution in [0.25, 0.3) is 0 Å². The van der Waals surface area contributed by atoms with Gasteiger partial charge in [0.25, 0.3) is 5.91 Å². The van der Waals surface area contributed by atoms with Crippen LogP contribution < -0.4 is 9.64 Å². The summed E-state index contributed by atoms with van der Waals surface area (Å²) in [6, 6.07) is 6.07. The normalized spacial score (nSPS) is 20.3. The second kappa shape index (κ2) is 5.31. The molecular weight excluding hydrogens is 294 g/mol. The first-order chi connectivity index (χ1) is 8.52. The van der Waals surface area contributed by atoms with Gasteiger partial charge in [-0.2, -0.15) is 0 Å². The number of halogens is 1. The Balaban J connectivity index is 2.29. The fraction of sp³-hybridized carbons (Fsp3) is 0.500. The zero-order valence-electron chi connectivity index (χ0n) is 10.9. The highest BCUT2D eigenvalue weighted by Gasteiger charge is 2.28. The van der Waals surface area contributed by atoms with Crippen LogP contribution in [0.4, 0.5) is 5.69 Å². The van der Waals surface area contributed by atoms with Crippen molar-refractivity contribution in [2.24, 2.45) is 0 Å². The maximum absolute atomic E-state index is 11.9. The molecule has 2 rings (SSSR count). The number of hydrogen-bond acceptors (Lipinski definition) is 2. The molecule has 3 nitrogen and oxygen atoms in total. The third kappa shape index (κ3) is 2.53. The Labute approximate surface area is 116 Å². The molecular formula is C14H18BrNO2. The summed E-state index contributed by atoms with van der Waals surface area (Å²) < 4.78 is 5.60. The first-order valence-corrected chi connectivity index (χ1v) is 7.15. The van der Waals surface area contributed by atoms with Crippen LogP contribution in [0.15, 0.2) is 18.2 Å². The monoisotopic (exact) mass is 311 g/mol. The van der Waals surface area contributed by atoms with Crippen molar-refractivity contribution in [2.75, 3.05) is 11.9 Å². The lowest BCUT2D eigenvalue weighted by atomic mass is 10.1. The molecule has 0 spiro atoms. The van der Waals surface area contributed by atoms with Gasteiger partial charge in [-0.1, -0.05) is 28.9 Å². The lowest BCUT2D eigenvalue weighted by Gasteiger charge is -2.30. The largest absolute Gasteiger partial charge is 0.479 e. The first-order valence-electron chi connectivity index (χ1n) is 6.24. The zero-order valence-corrected chi connectivity index (χ0v) is 12.5. The Morgan fingerprint density at radius 2 is 2.22 bits per heavy atom. The van der Waals surface area contributed by atoms with E-state index in [2.05, 4.69) is 28.9 Å². The molecule has 18 heavy (non-hydrogen) atoms. The van der Waals surface area contributed by atoms with Gasteiger partial charge in [-0.3, -0.25) is 4.79 Å². The molecule has 0 aliphatic carbocycles. The molecule has 0 saturated carbocycles. The molecule has 1 aromatic carbocycles. The highest BCUT2D eigenvalue weighted by Crippen LogP contribution is 2.34. The quantitative estimate of drug-likeness (QED) is 0.803. The fourth-order valence-electron chi connectivity index (χ4n) is 2.08. The van der Waals surface area contributed by atoms with Crippen molar-refractivity contribution < 1.29 is 9.53 Å². The molecule has 1 aliphatic heterocycles. The number of rotatable bonds is 3. The van der Waals surface area contributed by atoms with Gasteiger partial charge < -0.3 is 9.64 Å². The summed E-state index contributed by atoms with van der Waals surface area (Å²) in [7, 11) is 1.80. The molecule has 1 aliphatic rings. The predicted molar refractivity (Wildman–Crippen MR) is 76.7 cm³/mol. The van der Waals surface area contributed by atoms with Gasteiger partial charge in [-0.25, -0.2) is 0 Å². The topological polar surface area (TPSA) is 29.5 Å². The van der Waals surface area contributed by atoms with Crippen LogP contribution in [0.3, 0.4) is 0 Å². The first kappa shape index (κ1) is 13.4. The van der Waals surface area contributed by atoms with Gasteiger partial charge in [0.05, 0.1) is 5.69 Å². The molecule has 0 fully saturated rings. The van der Waals surface area contributed by atoms with Crippen LogP contribution in [0, 0.1) is 0 Å². The number of anilines is 1. The number of hydrogen-bond donors (Lipinski definition) is 0. The summed E-state index contributed by atoms with van der Waals surface area (Å²) in [5.41, 5.74) is 2.08. The standard InChI is InChI=1S/C14H18BrNO2/c1-4-11(15)7-10-5-6-13-12(8-10)16(3)14(17)9(2)18-13/h5-6,8-9,11H,4,7H2,1-3H3. The molecule has 1 amide bonds. The summed E-state index contributed by atoms with van der Waals surface area (Å²) in [5, 5.41) is 0. The van der Waals surface area contributed by atoms with Crippen molar-refractivity contribution in [2.45, 2.75) is 37.6 Å². The Hall–Kier alpha value is -1.03. The van der Waals surface area contributed by atoms with Crippen molar-refractivity contribution in [1.82, 2.24) is 0 Å². The summed E-state index contributed by atoms with van der Waals surface area (Å²) in [5.74, 6) is 0.793. The van der Waals surface area contributed by atoms with Crippen LogP contribution in [0.1, 0.15) is 25.8 Å². The van der Waals surface area contributed by atoms with Gasteiger partial charge >= 0.3 is 0 Å². The zero-order chi connectivity index (χ0) is 13.3. The third-order valence-corrected chi connectivity index (χ3v) is 4.24. The molecule has 1 aromatic rings. The summed E-state index contributed by atoms with van der Waals surface area (Å²) in [4.78, 5) is 14.0. The predicted octanol–water partition coefficient (Wildman–Crippen LogP) is 3.15. The van der Waals surface area contributed by atoms with E-state index in [0.29, 0.717) is 4.83 Å². The van der Waals surface area contributed by atoms with Crippen LogP contribution >= 0.6 is 15.9 Å².